The summed E-state index contributed by atoms with van der Waals surface area (Å²) < 4.78 is 10.6. The topological polar surface area (TPSA) is 71.7 Å². The molecule has 0 unspecified atom stereocenters. The van der Waals surface area contributed by atoms with Crippen LogP contribution in [-0.2, 0) is 0 Å². The van der Waals surface area contributed by atoms with Crippen LogP contribution in [0.15, 0.2) is 29.1 Å². The van der Waals surface area contributed by atoms with Crippen molar-refractivity contribution in [3.05, 3.63) is 36.0 Å². The zero-order valence-corrected chi connectivity index (χ0v) is 13.8. The minimum Gasteiger partial charge on any atom is -0.481 e. The minimum atomic E-state index is -0.00730. The molecule has 126 valence electrons. The van der Waals surface area contributed by atoms with E-state index in [2.05, 4.69) is 14.9 Å². The fourth-order valence-corrected chi connectivity index (χ4v) is 3.84. The van der Waals surface area contributed by atoms with Crippen LogP contribution >= 0.6 is 0 Å². The van der Waals surface area contributed by atoms with Gasteiger partial charge in [-0.15, -0.1) is 0 Å². The lowest BCUT2D eigenvalue weighted by Crippen LogP contribution is -2.40. The van der Waals surface area contributed by atoms with Crippen LogP contribution in [0.5, 0.6) is 5.88 Å². The molecule has 2 aromatic heterocycles. The van der Waals surface area contributed by atoms with Crippen molar-refractivity contribution in [1.82, 2.24) is 14.9 Å². The van der Waals surface area contributed by atoms with Gasteiger partial charge in [-0.1, -0.05) is 0 Å². The molecule has 2 aliphatic heterocycles. The molecule has 2 saturated heterocycles. The molecule has 2 atom stereocenters. The SMILES string of the molecule is COc1cc(N2CC[C@H]3[C@H]2CCN3C(=O)c2occc2C)ncn1. The monoisotopic (exact) mass is 328 g/mol. The Balaban J connectivity index is 1.55. The second kappa shape index (κ2) is 5.81. The lowest BCUT2D eigenvalue weighted by Gasteiger charge is -2.26. The van der Waals surface area contributed by atoms with Crippen LogP contribution in [0, 0.1) is 6.92 Å². The maximum atomic E-state index is 12.8. The summed E-state index contributed by atoms with van der Waals surface area (Å²) in [5.74, 6) is 1.86. The number of fused-ring (bicyclic) bond motifs is 1. The number of amides is 1. The molecule has 0 N–H and O–H groups in total. The van der Waals surface area contributed by atoms with Gasteiger partial charge in [-0.25, -0.2) is 9.97 Å². The van der Waals surface area contributed by atoms with E-state index in [9.17, 15) is 4.79 Å². The Bertz CT molecular complexity index is 760. The molecule has 0 bridgehead atoms. The molecule has 4 rings (SSSR count). The number of carbonyl (C=O) groups excluding carboxylic acids is 1. The van der Waals surface area contributed by atoms with Gasteiger partial charge in [0.05, 0.1) is 25.5 Å². The number of aryl methyl sites for hydroxylation is 1. The smallest absolute Gasteiger partial charge is 0.290 e. The summed E-state index contributed by atoms with van der Waals surface area (Å²) in [4.78, 5) is 25.4. The zero-order chi connectivity index (χ0) is 16.7. The Kier molecular flexibility index (Phi) is 3.63. The van der Waals surface area contributed by atoms with Crippen molar-refractivity contribution in [2.24, 2.45) is 0 Å². The van der Waals surface area contributed by atoms with Crippen LogP contribution in [0.3, 0.4) is 0 Å². The normalized spacial score (nSPS) is 22.8. The summed E-state index contributed by atoms with van der Waals surface area (Å²) in [6.45, 7) is 3.52. The molecular weight excluding hydrogens is 308 g/mol. The van der Waals surface area contributed by atoms with Crippen LogP contribution < -0.4 is 9.64 Å². The van der Waals surface area contributed by atoms with Crippen LogP contribution in [0.4, 0.5) is 5.82 Å². The molecule has 0 spiro atoms. The number of anilines is 1. The second-order valence-electron chi connectivity index (χ2n) is 6.26. The molecule has 2 aliphatic rings. The number of methoxy groups -OCH3 is 1. The highest BCUT2D eigenvalue weighted by Crippen LogP contribution is 2.35. The minimum absolute atomic E-state index is 0.00730. The van der Waals surface area contributed by atoms with Crippen molar-refractivity contribution >= 4 is 11.7 Å². The first-order valence-corrected chi connectivity index (χ1v) is 8.17. The highest BCUT2D eigenvalue weighted by Gasteiger charge is 2.45. The van der Waals surface area contributed by atoms with Crippen molar-refractivity contribution in [2.45, 2.75) is 31.8 Å². The largest absolute Gasteiger partial charge is 0.481 e. The summed E-state index contributed by atoms with van der Waals surface area (Å²) in [5.41, 5.74) is 0.888. The van der Waals surface area contributed by atoms with Crippen LogP contribution in [-0.4, -0.2) is 53.1 Å². The van der Waals surface area contributed by atoms with Gasteiger partial charge >= 0.3 is 0 Å². The van der Waals surface area contributed by atoms with Gasteiger partial charge in [0.1, 0.15) is 12.1 Å². The Morgan fingerprint density at radius 1 is 1.29 bits per heavy atom. The van der Waals surface area contributed by atoms with Crippen LogP contribution in [0.2, 0.25) is 0 Å². The molecule has 7 nitrogen and oxygen atoms in total. The first-order valence-electron chi connectivity index (χ1n) is 8.17. The lowest BCUT2D eigenvalue weighted by molar-refractivity contribution is 0.0704. The quantitative estimate of drug-likeness (QED) is 0.857. The highest BCUT2D eigenvalue weighted by molar-refractivity contribution is 5.93. The fourth-order valence-electron chi connectivity index (χ4n) is 3.84. The molecule has 0 aromatic carbocycles. The molecule has 0 saturated carbocycles. The van der Waals surface area contributed by atoms with Gasteiger partial charge in [0, 0.05) is 24.7 Å². The Morgan fingerprint density at radius 2 is 2.12 bits per heavy atom. The maximum absolute atomic E-state index is 12.8. The lowest BCUT2D eigenvalue weighted by atomic mass is 10.1. The van der Waals surface area contributed by atoms with Crippen molar-refractivity contribution in [3.63, 3.8) is 0 Å². The molecule has 7 heteroatoms. The van der Waals surface area contributed by atoms with Crippen LogP contribution in [0.25, 0.3) is 0 Å². The van der Waals surface area contributed by atoms with Gasteiger partial charge in [-0.3, -0.25) is 4.79 Å². The number of furan rings is 1. The molecule has 2 aromatic rings. The third-order valence-electron chi connectivity index (χ3n) is 5.02. The van der Waals surface area contributed by atoms with E-state index in [0.717, 1.165) is 37.3 Å². The van der Waals surface area contributed by atoms with Gasteiger partial charge in [0.15, 0.2) is 5.76 Å². The molecule has 0 radical (unpaired) electrons. The van der Waals surface area contributed by atoms with E-state index in [1.165, 1.54) is 6.33 Å². The Labute approximate surface area is 140 Å². The Hall–Kier alpha value is -2.57. The average molecular weight is 328 g/mol. The number of aromatic nitrogens is 2. The van der Waals surface area contributed by atoms with E-state index < -0.39 is 0 Å². The van der Waals surface area contributed by atoms with Crippen LogP contribution in [0.1, 0.15) is 29.0 Å². The second-order valence-corrected chi connectivity index (χ2v) is 6.26. The highest BCUT2D eigenvalue weighted by atomic mass is 16.5. The number of ether oxygens (including phenoxy) is 1. The van der Waals surface area contributed by atoms with Crippen molar-refractivity contribution in [1.29, 1.82) is 0 Å². The van der Waals surface area contributed by atoms with E-state index in [4.69, 9.17) is 9.15 Å². The predicted molar refractivity (Wildman–Crippen MR) is 87.2 cm³/mol. The summed E-state index contributed by atoms with van der Waals surface area (Å²) in [6, 6.07) is 4.16. The number of likely N-dealkylation sites (tertiary alicyclic amines) is 1. The standard InChI is InChI=1S/C17H20N4O3/c1-11-5-8-24-16(11)17(22)21-7-4-12-13(21)3-6-20(12)14-9-15(23-2)19-10-18-14/h5,8-10,12-13H,3-4,6-7H2,1-2H3/t12-,13+/m1/s1. The van der Waals surface area contributed by atoms with E-state index in [0.29, 0.717) is 11.6 Å². The fraction of sp³-hybridized carbons (Fsp3) is 0.471. The predicted octanol–water partition coefficient (Wildman–Crippen LogP) is 1.88. The van der Waals surface area contributed by atoms with E-state index >= 15 is 0 Å². The first-order chi connectivity index (χ1) is 11.7. The van der Waals surface area contributed by atoms with Crippen molar-refractivity contribution < 1.29 is 13.9 Å². The van der Waals surface area contributed by atoms with Gasteiger partial charge in [-0.05, 0) is 25.8 Å². The number of hydrogen-bond donors (Lipinski definition) is 0. The van der Waals surface area contributed by atoms with E-state index in [-0.39, 0.29) is 18.0 Å². The van der Waals surface area contributed by atoms with Crippen molar-refractivity contribution in [3.8, 4) is 5.88 Å². The summed E-state index contributed by atoms with van der Waals surface area (Å²) in [7, 11) is 1.60. The number of carbonyl (C=O) groups is 1. The Morgan fingerprint density at radius 3 is 2.88 bits per heavy atom. The average Bonchev–Trinajstić information content (AvgIpc) is 3.30. The number of rotatable bonds is 3. The number of nitrogens with zero attached hydrogens (tertiary/aromatic N) is 4. The van der Waals surface area contributed by atoms with Gasteiger partial charge in [0.25, 0.3) is 5.91 Å². The van der Waals surface area contributed by atoms with Gasteiger partial charge in [0.2, 0.25) is 5.88 Å². The zero-order valence-electron chi connectivity index (χ0n) is 13.8. The molecule has 2 fully saturated rings. The molecule has 4 heterocycles. The van der Waals surface area contributed by atoms with E-state index in [1.54, 1.807) is 13.4 Å². The van der Waals surface area contributed by atoms with Crippen molar-refractivity contribution in [2.75, 3.05) is 25.1 Å². The third-order valence-corrected chi connectivity index (χ3v) is 5.02. The molecular formula is C17H20N4O3. The maximum Gasteiger partial charge on any atom is 0.290 e. The van der Waals surface area contributed by atoms with Gasteiger partial charge in [-0.2, -0.15) is 0 Å². The summed E-state index contributed by atoms with van der Waals surface area (Å²) >= 11 is 0. The molecule has 1 amide bonds. The first kappa shape index (κ1) is 15.0. The van der Waals surface area contributed by atoms with E-state index in [1.807, 2.05) is 24.0 Å². The number of hydrogen-bond acceptors (Lipinski definition) is 6. The summed E-state index contributed by atoms with van der Waals surface area (Å²) in [6.07, 6.45) is 4.96. The van der Waals surface area contributed by atoms with Gasteiger partial charge < -0.3 is 19.0 Å². The third kappa shape index (κ3) is 2.31. The molecule has 24 heavy (non-hydrogen) atoms. The summed E-state index contributed by atoms with van der Waals surface area (Å²) in [5, 5.41) is 0. The molecule has 0 aliphatic carbocycles.